The van der Waals surface area contributed by atoms with Crippen molar-refractivity contribution in [2.45, 2.75) is 0 Å². The zero-order valence-corrected chi connectivity index (χ0v) is 35.9. The van der Waals surface area contributed by atoms with E-state index in [2.05, 4.69) is 4.90 Å². The number of benzene rings is 9. The number of anilines is 3. The lowest BCUT2D eigenvalue weighted by Crippen LogP contribution is -2.26. The maximum absolute atomic E-state index is 15.3. The Kier molecular flexibility index (Phi) is 11.3. The molecule has 0 fully saturated rings. The predicted octanol–water partition coefficient (Wildman–Crippen LogP) is 10.1. The first-order valence-electron chi connectivity index (χ1n) is 20.2. The lowest BCUT2D eigenvalue weighted by Gasteiger charge is -2.28. The second-order valence-electron chi connectivity index (χ2n) is 14.7. The van der Waals surface area contributed by atoms with Crippen molar-refractivity contribution >= 4 is 86.2 Å². The quantitative estimate of drug-likeness (QED) is 0.115. The van der Waals surface area contributed by atoms with Crippen LogP contribution < -0.4 is 52.6 Å². The molecule has 9 rings (SSSR count). The minimum absolute atomic E-state index is 0.720. The van der Waals surface area contributed by atoms with Gasteiger partial charge < -0.3 is 18.6 Å². The van der Waals surface area contributed by atoms with Gasteiger partial charge in [-0.2, -0.15) is 0 Å². The molecule has 296 valence electrons. The highest BCUT2D eigenvalue weighted by Crippen LogP contribution is 2.46. The molecular weight excluding hydrogens is 804 g/mol. The summed E-state index contributed by atoms with van der Waals surface area (Å²) >= 11 is 0. The normalized spacial score (nSPS) is 11.8. The van der Waals surface area contributed by atoms with Crippen molar-refractivity contribution in [1.29, 1.82) is 0 Å². The molecule has 4 nitrogen and oxygen atoms in total. The van der Waals surface area contributed by atoms with Gasteiger partial charge in [0.2, 0.25) is 0 Å². The van der Waals surface area contributed by atoms with E-state index in [4.69, 9.17) is 0 Å². The standard InChI is InChI=1S/C54H42NO3P3/c56-59(46-19-7-1-8-20-46,47-21-9-2-10-22-47)52-37-31-43(32-38-52)55(44-33-39-53(40-34-44)60(57,48-23-11-3-12-24-48)49-25-13-4-14-26-49)45-35-41-54(42-36-45)61(58,50-27-15-5-16-28-50)51-29-17-6-18-30-51/h1-42H. The van der Waals surface area contributed by atoms with Crippen LogP contribution in [0.25, 0.3) is 0 Å². The second-order valence-corrected chi connectivity index (χ2v) is 23.0. The molecule has 0 saturated carbocycles. The van der Waals surface area contributed by atoms with Gasteiger partial charge in [-0.3, -0.25) is 0 Å². The highest BCUT2D eigenvalue weighted by molar-refractivity contribution is 7.86. The molecule has 0 aliphatic heterocycles. The van der Waals surface area contributed by atoms with Crippen molar-refractivity contribution < 1.29 is 13.7 Å². The Hall–Kier alpha value is -6.53. The fraction of sp³-hybridized carbons (Fsp3) is 0. The molecule has 0 saturated heterocycles. The van der Waals surface area contributed by atoms with Crippen LogP contribution in [0.4, 0.5) is 17.1 Å². The Labute approximate surface area is 358 Å². The highest BCUT2D eigenvalue weighted by Gasteiger charge is 2.33. The van der Waals surface area contributed by atoms with Gasteiger partial charge in [0.15, 0.2) is 21.4 Å². The van der Waals surface area contributed by atoms with Gasteiger partial charge in [0.1, 0.15) is 0 Å². The topological polar surface area (TPSA) is 54.5 Å². The Balaban J connectivity index is 1.17. The summed E-state index contributed by atoms with van der Waals surface area (Å²) in [4.78, 5) is 2.12. The van der Waals surface area contributed by atoms with Crippen molar-refractivity contribution in [2.24, 2.45) is 0 Å². The fourth-order valence-electron chi connectivity index (χ4n) is 8.05. The van der Waals surface area contributed by atoms with Gasteiger partial charge in [0.25, 0.3) is 0 Å². The van der Waals surface area contributed by atoms with Crippen molar-refractivity contribution in [1.82, 2.24) is 0 Å². The molecule has 0 unspecified atom stereocenters. The van der Waals surface area contributed by atoms with Crippen LogP contribution in [0.15, 0.2) is 255 Å². The molecule has 0 aromatic heterocycles. The van der Waals surface area contributed by atoms with E-state index in [9.17, 15) is 0 Å². The Morgan fingerprint density at radius 1 is 0.197 bits per heavy atom. The Bertz CT molecular complexity index is 2540. The maximum atomic E-state index is 15.3. The van der Waals surface area contributed by atoms with Gasteiger partial charge in [-0.05, 0) is 72.8 Å². The molecule has 0 bridgehead atoms. The first-order valence-corrected chi connectivity index (χ1v) is 25.3. The molecule has 61 heavy (non-hydrogen) atoms. The van der Waals surface area contributed by atoms with E-state index in [1.165, 1.54) is 0 Å². The molecule has 0 aliphatic rings. The minimum Gasteiger partial charge on any atom is -0.311 e. The number of hydrogen-bond donors (Lipinski definition) is 0. The van der Waals surface area contributed by atoms with Gasteiger partial charge in [-0.15, -0.1) is 0 Å². The predicted molar refractivity (Wildman–Crippen MR) is 259 cm³/mol. The molecule has 0 N–H and O–H groups in total. The van der Waals surface area contributed by atoms with Crippen molar-refractivity contribution in [3.8, 4) is 0 Å². The van der Waals surface area contributed by atoms with E-state index in [1.54, 1.807) is 0 Å². The molecular formula is C54H42NO3P3. The molecule has 0 heterocycles. The number of hydrogen-bond acceptors (Lipinski definition) is 4. The van der Waals surface area contributed by atoms with E-state index in [1.807, 2.05) is 255 Å². The smallest absolute Gasteiger partial charge is 0.171 e. The molecule has 9 aromatic carbocycles. The van der Waals surface area contributed by atoms with Crippen LogP contribution in [-0.2, 0) is 13.7 Å². The van der Waals surface area contributed by atoms with Crippen LogP contribution in [0.5, 0.6) is 0 Å². The third kappa shape index (κ3) is 7.50. The van der Waals surface area contributed by atoms with Crippen molar-refractivity contribution in [2.75, 3.05) is 4.90 Å². The first-order chi connectivity index (χ1) is 29.9. The van der Waals surface area contributed by atoms with Crippen LogP contribution in [0.3, 0.4) is 0 Å². The molecule has 0 amide bonds. The molecule has 7 heteroatoms. The average Bonchev–Trinajstić information content (AvgIpc) is 3.35. The van der Waals surface area contributed by atoms with E-state index < -0.39 is 21.4 Å². The molecule has 0 radical (unpaired) electrons. The van der Waals surface area contributed by atoms with Gasteiger partial charge in [0.05, 0.1) is 0 Å². The maximum Gasteiger partial charge on any atom is 0.171 e. The van der Waals surface area contributed by atoms with Crippen LogP contribution >= 0.6 is 21.4 Å². The van der Waals surface area contributed by atoms with E-state index in [0.29, 0.717) is 0 Å². The van der Waals surface area contributed by atoms with Gasteiger partial charge in [0, 0.05) is 64.8 Å². The molecule has 0 atom stereocenters. The molecule has 0 aliphatic carbocycles. The van der Waals surface area contributed by atoms with Crippen molar-refractivity contribution in [3.05, 3.63) is 255 Å². The summed E-state index contributed by atoms with van der Waals surface area (Å²) in [5, 5.41) is 6.74. The summed E-state index contributed by atoms with van der Waals surface area (Å²) in [6, 6.07) is 81.8. The third-order valence-corrected chi connectivity index (χ3v) is 20.4. The first kappa shape index (κ1) is 39.9. The lowest BCUT2D eigenvalue weighted by atomic mass is 10.2. The van der Waals surface area contributed by atoms with Gasteiger partial charge >= 0.3 is 0 Å². The summed E-state index contributed by atoms with van der Waals surface area (Å²) < 4.78 is 45.9. The minimum atomic E-state index is -3.22. The Morgan fingerprint density at radius 3 is 0.508 bits per heavy atom. The van der Waals surface area contributed by atoms with Crippen LogP contribution in [0.2, 0.25) is 0 Å². The largest absolute Gasteiger partial charge is 0.311 e. The number of rotatable bonds is 12. The second kappa shape index (κ2) is 17.2. The van der Waals surface area contributed by atoms with Crippen LogP contribution in [0.1, 0.15) is 0 Å². The zero-order valence-electron chi connectivity index (χ0n) is 33.3. The summed E-state index contributed by atoms with van der Waals surface area (Å²) in [6.07, 6.45) is 0. The van der Waals surface area contributed by atoms with Crippen molar-refractivity contribution in [3.63, 3.8) is 0 Å². The molecule has 9 aromatic rings. The van der Waals surface area contributed by atoms with Gasteiger partial charge in [-0.25, -0.2) is 0 Å². The monoisotopic (exact) mass is 845 g/mol. The Morgan fingerprint density at radius 2 is 0.344 bits per heavy atom. The average molecular weight is 846 g/mol. The number of nitrogens with zero attached hydrogens (tertiary/aromatic N) is 1. The van der Waals surface area contributed by atoms with Crippen LogP contribution in [-0.4, -0.2) is 0 Å². The lowest BCUT2D eigenvalue weighted by molar-refractivity contribution is 0.591. The van der Waals surface area contributed by atoms with E-state index in [0.717, 1.165) is 64.8 Å². The molecule has 0 spiro atoms. The fourth-order valence-corrected chi connectivity index (χ4v) is 16.0. The van der Waals surface area contributed by atoms with E-state index >= 15 is 13.7 Å². The SMILES string of the molecule is O=P(c1ccccc1)(c1ccccc1)c1ccc(N(c2ccc(P(=O)(c3ccccc3)c3ccccc3)cc2)c2ccc(P(=O)(c3ccccc3)c3ccccc3)cc2)cc1. The summed E-state index contributed by atoms with van der Waals surface area (Å²) in [5.74, 6) is 0. The van der Waals surface area contributed by atoms with Gasteiger partial charge in [-0.1, -0.05) is 182 Å². The van der Waals surface area contributed by atoms with Crippen LogP contribution in [0, 0.1) is 0 Å². The highest BCUT2D eigenvalue weighted by atomic mass is 31.2. The third-order valence-electron chi connectivity index (χ3n) is 11.1. The van der Waals surface area contributed by atoms with E-state index in [-0.39, 0.29) is 0 Å². The summed E-state index contributed by atoms with van der Waals surface area (Å²) in [7, 11) is -9.66. The summed E-state index contributed by atoms with van der Waals surface area (Å²) in [5.41, 5.74) is 2.50. The zero-order chi connectivity index (χ0) is 41.7. The summed E-state index contributed by atoms with van der Waals surface area (Å²) in [6.45, 7) is 0.